The Morgan fingerprint density at radius 2 is 1.98 bits per heavy atom. The lowest BCUT2D eigenvalue weighted by atomic mass is 9.97. The monoisotopic (exact) mass is 561 g/mol. The van der Waals surface area contributed by atoms with E-state index in [1.165, 1.54) is 4.90 Å². The minimum atomic E-state index is -1.20. The molecule has 11 nitrogen and oxygen atoms in total. The number of nitrogens with one attached hydrogen (secondary N) is 3. The highest BCUT2D eigenvalue weighted by Crippen LogP contribution is 2.31. The van der Waals surface area contributed by atoms with Crippen LogP contribution in [0.5, 0.6) is 0 Å². The van der Waals surface area contributed by atoms with Crippen LogP contribution in [0.2, 0.25) is 0 Å². The molecule has 218 valence electrons. The van der Waals surface area contributed by atoms with Crippen LogP contribution in [-0.2, 0) is 9.53 Å². The molecule has 1 aromatic heterocycles. The lowest BCUT2D eigenvalue weighted by Crippen LogP contribution is -2.56. The number of ether oxygens (including phenoxy) is 1. The Morgan fingerprint density at radius 3 is 2.63 bits per heavy atom. The first kappa shape index (κ1) is 31.2. The molecule has 1 aliphatic heterocycles. The number of β-amino-alcohol motifs (C(OH)–C–C–N with tert-alkyl or cyclic N) is 1. The maximum atomic E-state index is 13.0. The number of unbranched alkanes of at least 4 members (excludes halogenated alkanes) is 1. The van der Waals surface area contributed by atoms with E-state index >= 15 is 0 Å². The molecule has 0 spiro atoms. The van der Waals surface area contributed by atoms with Crippen molar-refractivity contribution in [3.63, 3.8) is 0 Å². The molecule has 1 aliphatic rings. The zero-order chi connectivity index (χ0) is 30.0. The molecule has 1 aromatic carbocycles. The number of aliphatic hydroxyl groups excluding tert-OH is 1. The number of aromatic nitrogens is 2. The molecule has 2 atom stereocenters. The van der Waals surface area contributed by atoms with Gasteiger partial charge >= 0.3 is 6.09 Å². The molecule has 1 saturated heterocycles. The van der Waals surface area contributed by atoms with Gasteiger partial charge in [0.25, 0.3) is 0 Å². The number of carbonyl (C=O) groups is 2. The zero-order valence-electron chi connectivity index (χ0n) is 24.4. The standard InChI is InChI=1S/C30H39N7O4/c1-6-15-32-25-22(19-34-27(36-25)35-23-13-11-21(18-31)12-14-23)10-8-7-9-16-33-26(39)30(5)17-24(38)20-37(30)28(40)41-29(2,3)4/h11-14,19,24,38H,6-7,9,15-17,20H2,1-5H3,(H,33,39)(H2,32,34,35,36)/t24-,30-/m0/s1. The summed E-state index contributed by atoms with van der Waals surface area (Å²) in [6.07, 6.45) is 2.41. The van der Waals surface area contributed by atoms with Crippen molar-refractivity contribution < 1.29 is 19.4 Å². The summed E-state index contributed by atoms with van der Waals surface area (Å²) in [5.74, 6) is 6.92. The van der Waals surface area contributed by atoms with Gasteiger partial charge in [-0.1, -0.05) is 18.8 Å². The Morgan fingerprint density at radius 1 is 1.24 bits per heavy atom. The van der Waals surface area contributed by atoms with Crippen LogP contribution in [0, 0.1) is 23.2 Å². The van der Waals surface area contributed by atoms with Gasteiger partial charge in [0.2, 0.25) is 11.9 Å². The van der Waals surface area contributed by atoms with Gasteiger partial charge in [-0.2, -0.15) is 10.2 Å². The number of hydrogen-bond donors (Lipinski definition) is 4. The summed E-state index contributed by atoms with van der Waals surface area (Å²) in [5.41, 5.74) is 0.0913. The third-order valence-electron chi connectivity index (χ3n) is 6.31. The Labute approximate surface area is 241 Å². The molecule has 3 rings (SSSR count). The number of carbonyl (C=O) groups excluding carboxylic acids is 2. The summed E-state index contributed by atoms with van der Waals surface area (Å²) >= 11 is 0. The third-order valence-corrected chi connectivity index (χ3v) is 6.31. The van der Waals surface area contributed by atoms with Crippen LogP contribution in [-0.4, -0.2) is 68.9 Å². The van der Waals surface area contributed by atoms with Gasteiger partial charge in [0.05, 0.1) is 36.0 Å². The van der Waals surface area contributed by atoms with E-state index in [0.717, 1.165) is 18.7 Å². The molecule has 0 saturated carbocycles. The largest absolute Gasteiger partial charge is 0.444 e. The Kier molecular flexibility index (Phi) is 10.5. The predicted molar refractivity (Wildman–Crippen MR) is 156 cm³/mol. The van der Waals surface area contributed by atoms with Gasteiger partial charge in [0.15, 0.2) is 0 Å². The zero-order valence-corrected chi connectivity index (χ0v) is 24.4. The lowest BCUT2D eigenvalue weighted by molar-refractivity contribution is -0.131. The van der Waals surface area contributed by atoms with Crippen molar-refractivity contribution in [2.75, 3.05) is 30.3 Å². The first-order valence-corrected chi connectivity index (χ1v) is 13.8. The summed E-state index contributed by atoms with van der Waals surface area (Å²) in [6, 6.07) is 9.11. The molecule has 2 amide bonds. The second-order valence-corrected chi connectivity index (χ2v) is 11.1. The molecule has 2 heterocycles. The molecule has 41 heavy (non-hydrogen) atoms. The van der Waals surface area contributed by atoms with E-state index in [4.69, 9.17) is 10.00 Å². The van der Waals surface area contributed by atoms with Gasteiger partial charge in [0.1, 0.15) is 17.0 Å². The Bertz CT molecular complexity index is 1320. The highest BCUT2D eigenvalue weighted by molar-refractivity contribution is 5.90. The summed E-state index contributed by atoms with van der Waals surface area (Å²) in [7, 11) is 0. The average Bonchev–Trinajstić information content (AvgIpc) is 3.24. The van der Waals surface area contributed by atoms with E-state index in [-0.39, 0.29) is 18.9 Å². The van der Waals surface area contributed by atoms with Gasteiger partial charge in [-0.15, -0.1) is 0 Å². The van der Waals surface area contributed by atoms with Crippen LogP contribution >= 0.6 is 0 Å². The van der Waals surface area contributed by atoms with E-state index < -0.39 is 23.3 Å². The smallest absolute Gasteiger partial charge is 0.411 e. The fourth-order valence-electron chi connectivity index (χ4n) is 4.25. The fourth-order valence-corrected chi connectivity index (χ4v) is 4.25. The van der Waals surface area contributed by atoms with E-state index in [2.05, 4.69) is 50.8 Å². The highest BCUT2D eigenvalue weighted by atomic mass is 16.6. The Hall–Kier alpha value is -4.35. The van der Waals surface area contributed by atoms with Gasteiger partial charge in [0, 0.05) is 31.6 Å². The average molecular weight is 562 g/mol. The normalized spacial score (nSPS) is 18.1. The van der Waals surface area contributed by atoms with Crippen molar-refractivity contribution in [2.24, 2.45) is 0 Å². The number of nitriles is 1. The van der Waals surface area contributed by atoms with Crippen molar-refractivity contribution in [1.82, 2.24) is 20.2 Å². The van der Waals surface area contributed by atoms with E-state index in [1.807, 2.05) is 0 Å². The van der Waals surface area contributed by atoms with E-state index in [1.54, 1.807) is 58.2 Å². The number of hydrogen-bond acceptors (Lipinski definition) is 9. The number of likely N-dealkylation sites (tertiary alicyclic amines) is 1. The Balaban J connectivity index is 1.57. The van der Waals surface area contributed by atoms with Crippen LogP contribution in [0.25, 0.3) is 0 Å². The van der Waals surface area contributed by atoms with E-state index in [0.29, 0.717) is 42.3 Å². The topological polar surface area (TPSA) is 152 Å². The summed E-state index contributed by atoms with van der Waals surface area (Å²) in [6.45, 7) is 10.1. The summed E-state index contributed by atoms with van der Waals surface area (Å²) in [4.78, 5) is 36.0. The number of amides is 2. The van der Waals surface area contributed by atoms with Crippen LogP contribution < -0.4 is 16.0 Å². The molecule has 4 N–H and O–H groups in total. The molecule has 1 fully saturated rings. The molecule has 0 bridgehead atoms. The van der Waals surface area contributed by atoms with Crippen LogP contribution in [0.4, 0.5) is 22.2 Å². The fraction of sp³-hybridized carbons (Fsp3) is 0.500. The van der Waals surface area contributed by atoms with Gasteiger partial charge in [-0.3, -0.25) is 9.69 Å². The molecular weight excluding hydrogens is 522 g/mol. The van der Waals surface area contributed by atoms with Crippen LogP contribution in [0.1, 0.15) is 71.4 Å². The summed E-state index contributed by atoms with van der Waals surface area (Å²) < 4.78 is 5.44. The molecule has 0 aliphatic carbocycles. The van der Waals surface area contributed by atoms with Crippen LogP contribution in [0.15, 0.2) is 30.5 Å². The SMILES string of the molecule is CCCNc1nc(Nc2ccc(C#N)cc2)ncc1C#CCCCNC(=O)[C@]1(C)C[C@H](O)CN1C(=O)OC(C)(C)C. The number of anilines is 3. The van der Waals surface area contributed by atoms with Gasteiger partial charge in [-0.05, 0) is 64.8 Å². The summed E-state index contributed by atoms with van der Waals surface area (Å²) in [5, 5.41) is 28.5. The maximum absolute atomic E-state index is 13.0. The molecule has 0 unspecified atom stereocenters. The first-order valence-electron chi connectivity index (χ1n) is 13.8. The van der Waals surface area contributed by atoms with Crippen molar-refractivity contribution in [2.45, 2.75) is 77.5 Å². The van der Waals surface area contributed by atoms with Crippen LogP contribution in [0.3, 0.4) is 0 Å². The second-order valence-electron chi connectivity index (χ2n) is 11.1. The minimum Gasteiger partial charge on any atom is -0.444 e. The van der Waals surface area contributed by atoms with Crippen molar-refractivity contribution >= 4 is 29.5 Å². The maximum Gasteiger partial charge on any atom is 0.411 e. The molecular formula is C30H39N7O4. The quantitative estimate of drug-likeness (QED) is 0.264. The number of aliphatic hydroxyl groups is 1. The first-order chi connectivity index (χ1) is 19.4. The highest BCUT2D eigenvalue weighted by Gasteiger charge is 2.50. The molecule has 11 heteroatoms. The number of benzene rings is 1. The molecule has 2 aromatic rings. The van der Waals surface area contributed by atoms with E-state index in [9.17, 15) is 14.7 Å². The number of rotatable bonds is 9. The predicted octanol–water partition coefficient (Wildman–Crippen LogP) is 3.92. The van der Waals surface area contributed by atoms with Gasteiger partial charge < -0.3 is 25.8 Å². The van der Waals surface area contributed by atoms with Crippen molar-refractivity contribution in [3.8, 4) is 17.9 Å². The van der Waals surface area contributed by atoms with Gasteiger partial charge in [-0.25, -0.2) is 9.78 Å². The third kappa shape index (κ3) is 8.82. The lowest BCUT2D eigenvalue weighted by Gasteiger charge is -2.34. The van der Waals surface area contributed by atoms with Crippen molar-refractivity contribution in [3.05, 3.63) is 41.6 Å². The number of nitrogens with zero attached hydrogens (tertiary/aromatic N) is 4. The minimum absolute atomic E-state index is 0.0442. The van der Waals surface area contributed by atoms with Crippen molar-refractivity contribution in [1.29, 1.82) is 5.26 Å². The molecule has 0 radical (unpaired) electrons. The second kappa shape index (κ2) is 13.8.